The van der Waals surface area contributed by atoms with Crippen molar-refractivity contribution in [2.75, 3.05) is 13.7 Å². The standard InChI is InChI=1S/C14H12N2O6S2/c1-8-7-23-14(15-8)24-11-4-3-9(5-10(11)16(19)20)13(18)22-6-12(17)21-2/h3-5,7H,6H2,1-2H3. The fourth-order valence-corrected chi connectivity index (χ4v) is 3.49. The fraction of sp³-hybridized carbons (Fsp3) is 0.214. The van der Waals surface area contributed by atoms with Gasteiger partial charge in [0, 0.05) is 17.1 Å². The van der Waals surface area contributed by atoms with E-state index in [9.17, 15) is 19.7 Å². The molecule has 0 N–H and O–H groups in total. The number of aromatic nitrogens is 1. The molecule has 2 aromatic rings. The van der Waals surface area contributed by atoms with Crippen LogP contribution in [0.2, 0.25) is 0 Å². The molecular weight excluding hydrogens is 356 g/mol. The Morgan fingerprint density at radius 3 is 2.75 bits per heavy atom. The van der Waals surface area contributed by atoms with E-state index in [-0.39, 0.29) is 11.3 Å². The fourth-order valence-electron chi connectivity index (χ4n) is 1.61. The monoisotopic (exact) mass is 368 g/mol. The molecular formula is C14H12N2O6S2. The van der Waals surface area contributed by atoms with Gasteiger partial charge >= 0.3 is 11.9 Å². The van der Waals surface area contributed by atoms with Crippen molar-refractivity contribution < 1.29 is 24.0 Å². The number of hydrogen-bond donors (Lipinski definition) is 0. The van der Waals surface area contributed by atoms with Gasteiger partial charge in [0.05, 0.1) is 22.5 Å². The van der Waals surface area contributed by atoms with Crippen LogP contribution in [0.1, 0.15) is 16.1 Å². The van der Waals surface area contributed by atoms with Gasteiger partial charge in [-0.25, -0.2) is 14.6 Å². The molecule has 0 amide bonds. The summed E-state index contributed by atoms with van der Waals surface area (Å²) in [5, 5.41) is 13.1. The number of benzene rings is 1. The lowest BCUT2D eigenvalue weighted by molar-refractivity contribution is -0.387. The molecule has 0 aliphatic rings. The highest BCUT2D eigenvalue weighted by Gasteiger charge is 2.20. The first-order valence-electron chi connectivity index (χ1n) is 6.53. The summed E-state index contributed by atoms with van der Waals surface area (Å²) < 4.78 is 9.74. The van der Waals surface area contributed by atoms with Crippen LogP contribution in [-0.4, -0.2) is 35.6 Å². The molecule has 0 unspecified atom stereocenters. The highest BCUT2D eigenvalue weighted by Crippen LogP contribution is 2.36. The van der Waals surface area contributed by atoms with Gasteiger partial charge in [-0.1, -0.05) is 11.8 Å². The van der Waals surface area contributed by atoms with Crippen LogP contribution in [0.15, 0.2) is 32.8 Å². The molecule has 10 heteroatoms. The van der Waals surface area contributed by atoms with E-state index in [1.165, 1.54) is 23.5 Å². The first kappa shape index (κ1) is 17.9. The maximum absolute atomic E-state index is 11.8. The number of hydrogen-bond acceptors (Lipinski definition) is 9. The molecule has 0 atom stereocenters. The Hall–Kier alpha value is -2.46. The van der Waals surface area contributed by atoms with Gasteiger partial charge in [0.25, 0.3) is 5.69 Å². The number of thiazole rings is 1. The minimum absolute atomic E-state index is 0.0229. The van der Waals surface area contributed by atoms with Crippen molar-refractivity contribution in [2.24, 2.45) is 0 Å². The highest BCUT2D eigenvalue weighted by atomic mass is 32.2. The summed E-state index contributed by atoms with van der Waals surface area (Å²) in [6.07, 6.45) is 0. The molecule has 126 valence electrons. The number of aryl methyl sites for hydroxylation is 1. The molecule has 24 heavy (non-hydrogen) atoms. The van der Waals surface area contributed by atoms with E-state index in [1.54, 1.807) is 0 Å². The van der Waals surface area contributed by atoms with Crippen LogP contribution in [0.5, 0.6) is 0 Å². The predicted molar refractivity (Wildman–Crippen MR) is 86.4 cm³/mol. The summed E-state index contributed by atoms with van der Waals surface area (Å²) in [7, 11) is 1.16. The zero-order chi connectivity index (χ0) is 17.7. The Morgan fingerprint density at radius 2 is 2.17 bits per heavy atom. The molecule has 8 nitrogen and oxygen atoms in total. The number of methoxy groups -OCH3 is 1. The van der Waals surface area contributed by atoms with Crippen molar-refractivity contribution in [3.05, 3.63) is 45.0 Å². The molecule has 0 aliphatic heterocycles. The summed E-state index contributed by atoms with van der Waals surface area (Å²) in [5.41, 5.74) is 0.568. The maximum atomic E-state index is 11.8. The maximum Gasteiger partial charge on any atom is 0.344 e. The van der Waals surface area contributed by atoms with Gasteiger partial charge in [-0.3, -0.25) is 10.1 Å². The van der Waals surface area contributed by atoms with E-state index >= 15 is 0 Å². The van der Waals surface area contributed by atoms with Gasteiger partial charge in [-0.2, -0.15) is 0 Å². The number of esters is 2. The van der Waals surface area contributed by atoms with E-state index in [0.717, 1.165) is 30.6 Å². The molecule has 0 spiro atoms. The molecule has 1 heterocycles. The summed E-state index contributed by atoms with van der Waals surface area (Å²) in [5.74, 6) is -1.56. The number of rotatable bonds is 6. The van der Waals surface area contributed by atoms with Crippen LogP contribution >= 0.6 is 23.1 Å². The molecule has 0 saturated heterocycles. The summed E-state index contributed by atoms with van der Waals surface area (Å²) >= 11 is 2.52. The molecule has 0 radical (unpaired) electrons. The van der Waals surface area contributed by atoms with Crippen LogP contribution in [0.3, 0.4) is 0 Å². The molecule has 0 bridgehead atoms. The lowest BCUT2D eigenvalue weighted by Crippen LogP contribution is -2.15. The second-order valence-corrected chi connectivity index (χ2v) is 6.60. The SMILES string of the molecule is COC(=O)COC(=O)c1ccc(Sc2nc(C)cs2)c([N+](=O)[O-])c1. The Morgan fingerprint density at radius 1 is 1.42 bits per heavy atom. The first-order valence-corrected chi connectivity index (χ1v) is 8.22. The second-order valence-electron chi connectivity index (χ2n) is 4.45. The normalized spacial score (nSPS) is 10.2. The highest BCUT2D eigenvalue weighted by molar-refractivity contribution is 8.01. The quantitative estimate of drug-likeness (QED) is 0.435. The lowest BCUT2D eigenvalue weighted by atomic mass is 10.2. The molecule has 0 aliphatic carbocycles. The van der Waals surface area contributed by atoms with Gasteiger partial charge in [0.15, 0.2) is 10.9 Å². The van der Waals surface area contributed by atoms with E-state index in [2.05, 4.69) is 9.72 Å². The minimum atomic E-state index is -0.842. The number of nitro groups is 1. The van der Waals surface area contributed by atoms with Gasteiger partial charge in [-0.15, -0.1) is 11.3 Å². The van der Waals surface area contributed by atoms with Gasteiger partial charge in [0.2, 0.25) is 0 Å². The zero-order valence-electron chi connectivity index (χ0n) is 12.7. The third-order valence-electron chi connectivity index (χ3n) is 2.74. The van der Waals surface area contributed by atoms with Gasteiger partial charge in [0.1, 0.15) is 0 Å². The van der Waals surface area contributed by atoms with Crippen LogP contribution in [-0.2, 0) is 14.3 Å². The average molecular weight is 368 g/mol. The third-order valence-corrected chi connectivity index (χ3v) is 4.86. The van der Waals surface area contributed by atoms with Crippen molar-refractivity contribution in [3.63, 3.8) is 0 Å². The smallest absolute Gasteiger partial charge is 0.344 e. The first-order chi connectivity index (χ1) is 11.4. The van der Waals surface area contributed by atoms with Gasteiger partial charge in [-0.05, 0) is 19.1 Å². The topological polar surface area (TPSA) is 109 Å². The molecule has 1 aromatic carbocycles. The van der Waals surface area contributed by atoms with Crippen molar-refractivity contribution in [1.82, 2.24) is 4.98 Å². The predicted octanol–water partition coefficient (Wildman–Crippen LogP) is 2.84. The van der Waals surface area contributed by atoms with Crippen LogP contribution in [0.25, 0.3) is 0 Å². The Kier molecular flexibility index (Phi) is 5.88. The Bertz CT molecular complexity index is 789. The number of nitrogens with zero attached hydrogens (tertiary/aromatic N) is 2. The van der Waals surface area contributed by atoms with E-state index in [0.29, 0.717) is 9.24 Å². The number of ether oxygens (including phenoxy) is 2. The van der Waals surface area contributed by atoms with Crippen molar-refractivity contribution in [2.45, 2.75) is 16.2 Å². The molecule has 1 aromatic heterocycles. The molecule has 2 rings (SSSR count). The Balaban J connectivity index is 2.21. The molecule has 0 fully saturated rings. The van der Waals surface area contributed by atoms with Crippen LogP contribution in [0, 0.1) is 17.0 Å². The Labute approximate surface area is 144 Å². The van der Waals surface area contributed by atoms with Crippen molar-refractivity contribution in [3.8, 4) is 0 Å². The lowest BCUT2D eigenvalue weighted by Gasteiger charge is -2.05. The number of carbonyl (C=O) groups excluding carboxylic acids is 2. The van der Waals surface area contributed by atoms with E-state index in [1.807, 2.05) is 12.3 Å². The third kappa shape index (κ3) is 4.52. The summed E-state index contributed by atoms with van der Waals surface area (Å²) in [4.78, 5) is 38.1. The van der Waals surface area contributed by atoms with Crippen LogP contribution in [0.4, 0.5) is 5.69 Å². The summed E-state index contributed by atoms with van der Waals surface area (Å²) in [6, 6.07) is 3.96. The van der Waals surface area contributed by atoms with Crippen molar-refractivity contribution in [1.29, 1.82) is 0 Å². The van der Waals surface area contributed by atoms with Crippen molar-refractivity contribution >= 4 is 40.7 Å². The summed E-state index contributed by atoms with van der Waals surface area (Å²) in [6.45, 7) is 1.27. The minimum Gasteiger partial charge on any atom is -0.466 e. The molecule has 0 saturated carbocycles. The van der Waals surface area contributed by atoms with E-state index < -0.39 is 23.5 Å². The second kappa shape index (κ2) is 7.88. The van der Waals surface area contributed by atoms with Gasteiger partial charge < -0.3 is 9.47 Å². The number of nitro benzene ring substituents is 1. The van der Waals surface area contributed by atoms with Crippen LogP contribution < -0.4 is 0 Å². The zero-order valence-corrected chi connectivity index (χ0v) is 14.3. The average Bonchev–Trinajstić information content (AvgIpc) is 2.97. The largest absolute Gasteiger partial charge is 0.466 e. The van der Waals surface area contributed by atoms with E-state index in [4.69, 9.17) is 4.74 Å². The number of carbonyl (C=O) groups is 2.